The van der Waals surface area contributed by atoms with Crippen molar-refractivity contribution < 1.29 is 17.8 Å². The zero-order valence-electron chi connectivity index (χ0n) is 21.1. The Morgan fingerprint density at radius 3 is 1.22 bits per heavy atom. The fraction of sp³-hybridized carbons (Fsp3) is 0.962. The van der Waals surface area contributed by atoms with Crippen molar-refractivity contribution >= 4 is 16.0 Å². The molecule has 192 valence electrons. The van der Waals surface area contributed by atoms with E-state index < -0.39 is 15.9 Å². The summed E-state index contributed by atoms with van der Waals surface area (Å²) < 4.78 is 29.8. The monoisotopic (exact) mass is 475 g/mol. The van der Waals surface area contributed by atoms with E-state index in [-0.39, 0.29) is 12.5 Å². The van der Waals surface area contributed by atoms with E-state index in [1.54, 1.807) is 0 Å². The van der Waals surface area contributed by atoms with Crippen LogP contribution >= 0.6 is 0 Å². The van der Waals surface area contributed by atoms with Gasteiger partial charge >= 0.3 is 0 Å². The summed E-state index contributed by atoms with van der Waals surface area (Å²) in [7, 11) is -3.99. The second-order valence-electron chi connectivity index (χ2n) is 9.46. The van der Waals surface area contributed by atoms with Crippen LogP contribution in [0.15, 0.2) is 0 Å². The summed E-state index contributed by atoms with van der Waals surface area (Å²) in [6, 6.07) is 0. The van der Waals surface area contributed by atoms with E-state index >= 15 is 0 Å². The van der Waals surface area contributed by atoms with Gasteiger partial charge < -0.3 is 5.32 Å². The van der Waals surface area contributed by atoms with Gasteiger partial charge in [-0.25, -0.2) is 0 Å². The highest BCUT2D eigenvalue weighted by Crippen LogP contribution is 2.15. The molecule has 0 heterocycles. The molecule has 0 aromatic carbocycles. The van der Waals surface area contributed by atoms with E-state index in [9.17, 15) is 13.2 Å². The van der Waals surface area contributed by atoms with Gasteiger partial charge in [0.05, 0.1) is 5.75 Å². The summed E-state index contributed by atoms with van der Waals surface area (Å²) in [4.78, 5) is 11.5. The minimum absolute atomic E-state index is 0.0169. The molecule has 0 saturated carbocycles. The van der Waals surface area contributed by atoms with Crippen LogP contribution in [0.3, 0.4) is 0 Å². The summed E-state index contributed by atoms with van der Waals surface area (Å²) in [5.74, 6) is -0.552. The molecule has 0 aliphatic carbocycles. The number of carbonyl (C=O) groups excluding carboxylic acids is 1. The Hall–Kier alpha value is -0.620. The molecule has 0 aromatic heterocycles. The van der Waals surface area contributed by atoms with Crippen LogP contribution in [-0.2, 0) is 14.9 Å². The largest absolute Gasteiger partial charge is 0.355 e. The van der Waals surface area contributed by atoms with Crippen molar-refractivity contribution in [3.63, 3.8) is 0 Å². The minimum Gasteiger partial charge on any atom is -0.355 e. The van der Waals surface area contributed by atoms with Crippen molar-refractivity contribution in [3.8, 4) is 0 Å². The van der Waals surface area contributed by atoms with E-state index in [4.69, 9.17) is 4.55 Å². The highest BCUT2D eigenvalue weighted by atomic mass is 32.2. The summed E-state index contributed by atoms with van der Waals surface area (Å²) in [5, 5.41) is 2.52. The fourth-order valence-corrected chi connectivity index (χ4v) is 4.49. The van der Waals surface area contributed by atoms with Crippen LogP contribution in [0.25, 0.3) is 0 Å². The molecule has 0 aliphatic rings. The lowest BCUT2D eigenvalue weighted by Gasteiger charge is -2.05. The van der Waals surface area contributed by atoms with Gasteiger partial charge in [-0.3, -0.25) is 9.35 Å². The van der Waals surface area contributed by atoms with Crippen LogP contribution in [0, 0.1) is 0 Å². The first-order valence-corrected chi connectivity index (χ1v) is 15.3. The molecule has 0 aromatic rings. The molecule has 0 spiro atoms. The highest BCUT2D eigenvalue weighted by Gasteiger charge is 2.06. The number of hydrogen-bond acceptors (Lipinski definition) is 3. The standard InChI is InChI=1S/C26H53NO4S/c1-2-3-4-5-6-7-8-9-10-11-12-13-14-15-16-17-18-19-20-21-22-23-26(28)27-24-25-32(29,30)31/h2-25H2,1H3,(H,27,28)(H,29,30,31). The van der Waals surface area contributed by atoms with Crippen molar-refractivity contribution in [1.82, 2.24) is 5.32 Å². The predicted molar refractivity (Wildman–Crippen MR) is 137 cm³/mol. The highest BCUT2D eigenvalue weighted by molar-refractivity contribution is 7.85. The van der Waals surface area contributed by atoms with Crippen molar-refractivity contribution in [2.24, 2.45) is 0 Å². The maximum atomic E-state index is 11.5. The number of unbranched alkanes of at least 4 members (excludes halogenated alkanes) is 20. The normalized spacial score (nSPS) is 11.7. The number of carbonyl (C=O) groups is 1. The number of nitrogens with one attached hydrogen (secondary N) is 1. The molecule has 0 saturated heterocycles. The zero-order chi connectivity index (χ0) is 23.8. The summed E-state index contributed by atoms with van der Waals surface area (Å²) in [6.07, 6.45) is 28.5. The van der Waals surface area contributed by atoms with Gasteiger partial charge in [-0.05, 0) is 6.42 Å². The number of rotatable bonds is 25. The average molecular weight is 476 g/mol. The van der Waals surface area contributed by atoms with Crippen LogP contribution in [-0.4, -0.2) is 31.2 Å². The van der Waals surface area contributed by atoms with Crippen LogP contribution in [0.1, 0.15) is 148 Å². The van der Waals surface area contributed by atoms with Crippen molar-refractivity contribution in [2.45, 2.75) is 148 Å². The van der Waals surface area contributed by atoms with Crippen molar-refractivity contribution in [2.75, 3.05) is 12.3 Å². The molecule has 5 nitrogen and oxygen atoms in total. The van der Waals surface area contributed by atoms with Crippen LogP contribution in [0.2, 0.25) is 0 Å². The van der Waals surface area contributed by atoms with E-state index in [0.717, 1.165) is 19.3 Å². The molecule has 6 heteroatoms. The predicted octanol–water partition coefficient (Wildman–Crippen LogP) is 7.59. The Kier molecular flexibility index (Phi) is 23.1. The molecule has 0 rings (SSSR count). The smallest absolute Gasteiger partial charge is 0.266 e. The van der Waals surface area contributed by atoms with Gasteiger partial charge in [0.25, 0.3) is 10.1 Å². The van der Waals surface area contributed by atoms with Crippen molar-refractivity contribution in [1.29, 1.82) is 0 Å². The molecule has 0 atom stereocenters. The molecule has 0 bridgehead atoms. The third-order valence-corrected chi connectivity index (χ3v) is 6.91. The van der Waals surface area contributed by atoms with Crippen LogP contribution < -0.4 is 5.32 Å². The Labute approximate surface area is 199 Å². The molecular weight excluding hydrogens is 422 g/mol. The van der Waals surface area contributed by atoms with E-state index in [1.807, 2.05) is 0 Å². The molecule has 0 fully saturated rings. The number of hydrogen-bond donors (Lipinski definition) is 2. The lowest BCUT2D eigenvalue weighted by molar-refractivity contribution is -0.121. The first kappa shape index (κ1) is 31.4. The molecule has 2 N–H and O–H groups in total. The third kappa shape index (κ3) is 27.4. The Balaban J connectivity index is 3.14. The van der Waals surface area contributed by atoms with E-state index in [1.165, 1.54) is 116 Å². The Morgan fingerprint density at radius 1 is 0.594 bits per heavy atom. The molecular formula is C26H53NO4S. The third-order valence-electron chi connectivity index (χ3n) is 6.19. The van der Waals surface area contributed by atoms with Crippen LogP contribution in [0.5, 0.6) is 0 Å². The van der Waals surface area contributed by atoms with Gasteiger partial charge in [0, 0.05) is 13.0 Å². The molecule has 32 heavy (non-hydrogen) atoms. The average Bonchev–Trinajstić information content (AvgIpc) is 2.74. The SMILES string of the molecule is CCCCCCCCCCCCCCCCCCCCCCCC(=O)NCCS(=O)(=O)O. The lowest BCUT2D eigenvalue weighted by Crippen LogP contribution is -2.28. The van der Waals surface area contributed by atoms with E-state index in [2.05, 4.69) is 12.2 Å². The van der Waals surface area contributed by atoms with Gasteiger partial charge in [0.2, 0.25) is 5.91 Å². The number of amides is 1. The Bertz CT molecular complexity index is 508. The fourth-order valence-electron chi connectivity index (χ4n) is 4.13. The van der Waals surface area contributed by atoms with E-state index in [0.29, 0.717) is 6.42 Å². The maximum absolute atomic E-state index is 11.5. The maximum Gasteiger partial charge on any atom is 0.266 e. The minimum atomic E-state index is -3.99. The Morgan fingerprint density at radius 2 is 0.906 bits per heavy atom. The molecule has 0 unspecified atom stereocenters. The van der Waals surface area contributed by atoms with Gasteiger partial charge in [0.15, 0.2) is 0 Å². The second kappa shape index (κ2) is 23.5. The van der Waals surface area contributed by atoms with Gasteiger partial charge in [-0.15, -0.1) is 0 Å². The summed E-state index contributed by atoms with van der Waals surface area (Å²) >= 11 is 0. The van der Waals surface area contributed by atoms with Gasteiger partial charge in [-0.1, -0.05) is 135 Å². The zero-order valence-corrected chi connectivity index (χ0v) is 21.9. The quantitative estimate of drug-likeness (QED) is 0.105. The first-order valence-electron chi connectivity index (χ1n) is 13.7. The van der Waals surface area contributed by atoms with Crippen LogP contribution in [0.4, 0.5) is 0 Å². The second-order valence-corrected chi connectivity index (χ2v) is 11.0. The lowest BCUT2D eigenvalue weighted by atomic mass is 10.0. The first-order chi connectivity index (χ1) is 15.5. The van der Waals surface area contributed by atoms with Crippen molar-refractivity contribution in [3.05, 3.63) is 0 Å². The summed E-state index contributed by atoms with van der Waals surface area (Å²) in [6.45, 7) is 2.26. The topological polar surface area (TPSA) is 83.5 Å². The van der Waals surface area contributed by atoms with Gasteiger partial charge in [0.1, 0.15) is 0 Å². The molecule has 0 radical (unpaired) electrons. The summed E-state index contributed by atoms with van der Waals surface area (Å²) in [5.41, 5.74) is 0. The molecule has 0 aliphatic heterocycles. The molecule has 1 amide bonds. The van der Waals surface area contributed by atoms with Gasteiger partial charge in [-0.2, -0.15) is 8.42 Å².